The largest absolute Gasteiger partial charge is 0.300 e. The van der Waals surface area contributed by atoms with Crippen molar-refractivity contribution in [3.05, 3.63) is 29.3 Å². The van der Waals surface area contributed by atoms with Crippen LogP contribution in [0.2, 0.25) is 5.02 Å². The molecule has 0 aliphatic carbocycles. The monoisotopic (exact) mass is 268 g/mol. The zero-order valence-electron chi connectivity index (χ0n) is 10.2. The summed E-state index contributed by atoms with van der Waals surface area (Å²) in [5.74, 6) is 0.876. The Bertz CT molecular complexity index is 403. The van der Waals surface area contributed by atoms with Crippen molar-refractivity contribution in [2.24, 2.45) is 0 Å². The van der Waals surface area contributed by atoms with Crippen molar-refractivity contribution in [3.8, 4) is 6.07 Å². The first-order chi connectivity index (χ1) is 8.11. The third-order valence-corrected chi connectivity index (χ3v) is 4.03. The van der Waals surface area contributed by atoms with Crippen LogP contribution >= 0.6 is 23.4 Å². The van der Waals surface area contributed by atoms with Gasteiger partial charge >= 0.3 is 0 Å². The van der Waals surface area contributed by atoms with E-state index in [0.717, 1.165) is 28.6 Å². The standard InChI is InChI=1S/C13H17ClN2S/c1-3-16-13(2,10-15)8-9-17-12-7-5-4-6-11(12)14/h4-7,16H,3,8-9H2,1-2H3. The zero-order valence-corrected chi connectivity index (χ0v) is 11.7. The Morgan fingerprint density at radius 3 is 2.76 bits per heavy atom. The van der Waals surface area contributed by atoms with Gasteiger partial charge in [0.2, 0.25) is 0 Å². The molecule has 0 saturated heterocycles. The molecule has 0 spiro atoms. The number of halogens is 1. The number of hydrogen-bond acceptors (Lipinski definition) is 3. The molecule has 17 heavy (non-hydrogen) atoms. The summed E-state index contributed by atoms with van der Waals surface area (Å²) in [6.07, 6.45) is 0.799. The van der Waals surface area contributed by atoms with E-state index in [9.17, 15) is 0 Å². The van der Waals surface area contributed by atoms with Crippen LogP contribution < -0.4 is 5.32 Å². The van der Waals surface area contributed by atoms with Gasteiger partial charge in [-0.1, -0.05) is 30.7 Å². The minimum Gasteiger partial charge on any atom is -0.300 e. The fraction of sp³-hybridized carbons (Fsp3) is 0.462. The van der Waals surface area contributed by atoms with Gasteiger partial charge in [0.25, 0.3) is 0 Å². The molecule has 1 rings (SSSR count). The summed E-state index contributed by atoms with van der Waals surface area (Å²) in [5, 5.41) is 13.1. The minimum absolute atomic E-state index is 0.441. The maximum atomic E-state index is 9.12. The molecule has 1 N–H and O–H groups in total. The first-order valence-corrected chi connectivity index (χ1v) is 7.01. The number of nitrogens with zero attached hydrogens (tertiary/aromatic N) is 1. The number of thioether (sulfide) groups is 1. The summed E-state index contributed by atoms with van der Waals surface area (Å²) < 4.78 is 0. The lowest BCUT2D eigenvalue weighted by Gasteiger charge is -2.22. The number of rotatable bonds is 6. The third-order valence-electron chi connectivity index (χ3n) is 2.51. The summed E-state index contributed by atoms with van der Waals surface area (Å²) in [6.45, 7) is 4.75. The highest BCUT2D eigenvalue weighted by molar-refractivity contribution is 7.99. The van der Waals surface area contributed by atoms with E-state index in [-0.39, 0.29) is 0 Å². The predicted molar refractivity (Wildman–Crippen MR) is 74.5 cm³/mol. The molecule has 0 saturated carbocycles. The van der Waals surface area contributed by atoms with Gasteiger partial charge in [0, 0.05) is 10.6 Å². The van der Waals surface area contributed by atoms with Gasteiger partial charge < -0.3 is 0 Å². The first kappa shape index (κ1) is 14.4. The van der Waals surface area contributed by atoms with Crippen molar-refractivity contribution in [1.29, 1.82) is 5.26 Å². The Morgan fingerprint density at radius 1 is 1.47 bits per heavy atom. The number of hydrogen-bond donors (Lipinski definition) is 1. The molecule has 1 atom stereocenters. The van der Waals surface area contributed by atoms with Crippen molar-refractivity contribution in [2.75, 3.05) is 12.3 Å². The molecule has 0 heterocycles. The number of nitriles is 1. The quantitative estimate of drug-likeness (QED) is 0.799. The smallest absolute Gasteiger partial charge is 0.104 e. The lowest BCUT2D eigenvalue weighted by atomic mass is 10.0. The maximum Gasteiger partial charge on any atom is 0.104 e. The molecule has 0 aromatic heterocycles. The van der Waals surface area contributed by atoms with Gasteiger partial charge in [-0.15, -0.1) is 11.8 Å². The second-order valence-electron chi connectivity index (χ2n) is 4.00. The van der Waals surface area contributed by atoms with Crippen molar-refractivity contribution in [1.82, 2.24) is 5.32 Å². The van der Waals surface area contributed by atoms with Gasteiger partial charge in [-0.05, 0) is 32.0 Å². The van der Waals surface area contributed by atoms with Crippen molar-refractivity contribution < 1.29 is 0 Å². The minimum atomic E-state index is -0.441. The van der Waals surface area contributed by atoms with E-state index in [4.69, 9.17) is 16.9 Å². The molecule has 0 fully saturated rings. The Morgan fingerprint density at radius 2 is 2.18 bits per heavy atom. The molecular weight excluding hydrogens is 252 g/mol. The van der Waals surface area contributed by atoms with Gasteiger partial charge in [-0.3, -0.25) is 5.32 Å². The molecule has 1 aromatic rings. The second kappa shape index (κ2) is 6.90. The van der Waals surface area contributed by atoms with Crippen molar-refractivity contribution >= 4 is 23.4 Å². The van der Waals surface area contributed by atoms with Crippen LogP contribution in [0.15, 0.2) is 29.2 Å². The van der Waals surface area contributed by atoms with E-state index in [0.29, 0.717) is 0 Å². The second-order valence-corrected chi connectivity index (χ2v) is 5.55. The normalized spacial score (nSPS) is 14.0. The van der Waals surface area contributed by atoms with E-state index in [2.05, 4.69) is 11.4 Å². The van der Waals surface area contributed by atoms with Crippen LogP contribution in [0, 0.1) is 11.3 Å². The lowest BCUT2D eigenvalue weighted by molar-refractivity contribution is 0.450. The summed E-state index contributed by atoms with van der Waals surface area (Å²) in [5.41, 5.74) is -0.441. The van der Waals surface area contributed by atoms with Gasteiger partial charge in [0.05, 0.1) is 11.1 Å². The molecule has 4 heteroatoms. The molecule has 0 aliphatic rings. The maximum absolute atomic E-state index is 9.12. The number of nitrogens with one attached hydrogen (secondary N) is 1. The lowest BCUT2D eigenvalue weighted by Crippen LogP contribution is -2.41. The fourth-order valence-corrected chi connectivity index (χ4v) is 2.91. The molecule has 0 radical (unpaired) electrons. The van der Waals surface area contributed by atoms with Crippen LogP contribution in [0.1, 0.15) is 20.3 Å². The molecule has 0 amide bonds. The molecule has 0 aliphatic heterocycles. The van der Waals surface area contributed by atoms with Gasteiger partial charge in [0.15, 0.2) is 0 Å². The fourth-order valence-electron chi connectivity index (χ4n) is 1.50. The average molecular weight is 269 g/mol. The Kier molecular flexibility index (Phi) is 5.84. The van der Waals surface area contributed by atoms with Gasteiger partial charge in [-0.25, -0.2) is 0 Å². The van der Waals surface area contributed by atoms with E-state index >= 15 is 0 Å². The summed E-state index contributed by atoms with van der Waals surface area (Å²) in [6, 6.07) is 10.1. The van der Waals surface area contributed by atoms with Crippen LogP contribution in [0.3, 0.4) is 0 Å². The van der Waals surface area contributed by atoms with Gasteiger partial charge in [-0.2, -0.15) is 5.26 Å². The molecule has 0 bridgehead atoms. The topological polar surface area (TPSA) is 35.8 Å². The van der Waals surface area contributed by atoms with Crippen LogP contribution in [0.5, 0.6) is 0 Å². The van der Waals surface area contributed by atoms with Crippen LogP contribution in [0.25, 0.3) is 0 Å². The highest BCUT2D eigenvalue weighted by Crippen LogP contribution is 2.28. The average Bonchev–Trinajstić information content (AvgIpc) is 2.32. The Hall–Kier alpha value is -0.690. The Balaban J connectivity index is 2.48. The zero-order chi connectivity index (χ0) is 12.7. The summed E-state index contributed by atoms with van der Waals surface area (Å²) in [4.78, 5) is 1.07. The molecule has 1 aromatic carbocycles. The third kappa shape index (κ3) is 4.59. The van der Waals surface area contributed by atoms with Crippen LogP contribution in [-0.2, 0) is 0 Å². The van der Waals surface area contributed by atoms with Crippen molar-refractivity contribution in [3.63, 3.8) is 0 Å². The van der Waals surface area contributed by atoms with E-state index in [1.807, 2.05) is 38.1 Å². The molecule has 92 valence electrons. The first-order valence-electron chi connectivity index (χ1n) is 5.65. The van der Waals surface area contributed by atoms with E-state index < -0.39 is 5.54 Å². The van der Waals surface area contributed by atoms with E-state index in [1.54, 1.807) is 11.8 Å². The highest BCUT2D eigenvalue weighted by atomic mass is 35.5. The Labute approximate surface area is 112 Å². The SMILES string of the molecule is CCNC(C)(C#N)CCSc1ccccc1Cl. The molecular formula is C13H17ClN2S. The van der Waals surface area contributed by atoms with Crippen LogP contribution in [0.4, 0.5) is 0 Å². The number of benzene rings is 1. The summed E-state index contributed by atoms with van der Waals surface area (Å²) >= 11 is 7.76. The van der Waals surface area contributed by atoms with Crippen LogP contribution in [-0.4, -0.2) is 17.8 Å². The van der Waals surface area contributed by atoms with E-state index in [1.165, 1.54) is 0 Å². The van der Waals surface area contributed by atoms with Gasteiger partial charge in [0.1, 0.15) is 5.54 Å². The highest BCUT2D eigenvalue weighted by Gasteiger charge is 2.21. The molecule has 1 unspecified atom stereocenters. The predicted octanol–water partition coefficient (Wildman–Crippen LogP) is 3.71. The summed E-state index contributed by atoms with van der Waals surface area (Å²) in [7, 11) is 0. The molecule has 2 nitrogen and oxygen atoms in total. The van der Waals surface area contributed by atoms with Crippen molar-refractivity contribution in [2.45, 2.75) is 30.7 Å².